The molecule has 0 unspecified atom stereocenters. The number of carboxylic acids is 1. The first-order valence-electron chi connectivity index (χ1n) is 6.31. The van der Waals surface area contributed by atoms with Gasteiger partial charge in [-0.2, -0.15) is 0 Å². The Hall–Kier alpha value is -1.31. The van der Waals surface area contributed by atoms with Gasteiger partial charge in [-0.05, 0) is 43.0 Å². The van der Waals surface area contributed by atoms with Crippen LogP contribution in [0.3, 0.4) is 0 Å². The lowest BCUT2D eigenvalue weighted by Gasteiger charge is -1.99. The lowest BCUT2D eigenvalue weighted by atomic mass is 10.1. The molecule has 0 atom stereocenters. The van der Waals surface area contributed by atoms with Gasteiger partial charge in [-0.1, -0.05) is 39.7 Å². The van der Waals surface area contributed by atoms with E-state index in [1.165, 1.54) is 12.8 Å². The minimum absolute atomic E-state index is 0.355. The number of carboxylic acid groups (broad SMARTS) is 1. The minimum atomic E-state index is -0.867. The van der Waals surface area contributed by atoms with Crippen LogP contribution in [-0.4, -0.2) is 11.1 Å². The summed E-state index contributed by atoms with van der Waals surface area (Å²) in [7, 11) is 0. The maximum atomic E-state index is 10.5. The normalized spacial score (nSPS) is 12.8. The molecule has 0 saturated heterocycles. The molecule has 1 aromatic carbocycles. The van der Waals surface area contributed by atoms with E-state index in [1.807, 2.05) is 33.8 Å². The second-order valence-electron chi connectivity index (χ2n) is 4.29. The molecule has 1 aromatic rings. The number of carbonyl (C=O) groups is 1. The van der Waals surface area contributed by atoms with Crippen LogP contribution < -0.4 is 0 Å². The molecule has 0 spiro atoms. The van der Waals surface area contributed by atoms with Crippen molar-refractivity contribution in [1.82, 2.24) is 0 Å². The van der Waals surface area contributed by atoms with Gasteiger partial charge in [-0.25, -0.2) is 4.79 Å². The fraction of sp³-hybridized carbons (Fsp3) is 0.533. The zero-order chi connectivity index (χ0) is 13.4. The summed E-state index contributed by atoms with van der Waals surface area (Å²) in [6.45, 7) is 10.1. The molecule has 2 heteroatoms. The zero-order valence-corrected chi connectivity index (χ0v) is 11.6. The molecule has 1 aliphatic carbocycles. The summed E-state index contributed by atoms with van der Waals surface area (Å²) >= 11 is 0. The van der Waals surface area contributed by atoms with Crippen molar-refractivity contribution in [3.8, 4) is 0 Å². The third-order valence-corrected chi connectivity index (χ3v) is 2.62. The average molecular weight is 236 g/mol. The molecule has 1 aliphatic rings. The summed E-state index contributed by atoms with van der Waals surface area (Å²) in [5.41, 5.74) is 2.49. The summed E-state index contributed by atoms with van der Waals surface area (Å²) < 4.78 is 0. The van der Waals surface area contributed by atoms with Gasteiger partial charge < -0.3 is 5.11 Å². The fourth-order valence-electron chi connectivity index (χ4n) is 1.04. The zero-order valence-electron chi connectivity index (χ0n) is 11.6. The van der Waals surface area contributed by atoms with Gasteiger partial charge in [0.15, 0.2) is 0 Å². The Morgan fingerprint density at radius 2 is 1.65 bits per heavy atom. The molecule has 0 bridgehead atoms. The summed E-state index contributed by atoms with van der Waals surface area (Å²) in [5, 5.41) is 8.60. The van der Waals surface area contributed by atoms with Gasteiger partial charge in [0.2, 0.25) is 0 Å². The van der Waals surface area contributed by atoms with E-state index in [2.05, 4.69) is 6.92 Å². The van der Waals surface area contributed by atoms with Crippen LogP contribution in [0.25, 0.3) is 0 Å². The first kappa shape index (κ1) is 15.7. The van der Waals surface area contributed by atoms with E-state index in [4.69, 9.17) is 5.11 Å². The minimum Gasteiger partial charge on any atom is -0.478 e. The van der Waals surface area contributed by atoms with Gasteiger partial charge >= 0.3 is 5.97 Å². The number of aromatic carboxylic acids is 1. The van der Waals surface area contributed by atoms with E-state index in [0.29, 0.717) is 5.56 Å². The van der Waals surface area contributed by atoms with Gasteiger partial charge in [0.05, 0.1) is 5.56 Å². The monoisotopic (exact) mass is 236 g/mol. The number of hydrogen-bond donors (Lipinski definition) is 1. The Morgan fingerprint density at radius 3 is 1.94 bits per heavy atom. The average Bonchev–Trinajstić information content (AvgIpc) is 3.08. The number of rotatable bonds is 1. The Labute approximate surface area is 105 Å². The second-order valence-corrected chi connectivity index (χ2v) is 4.29. The number of hydrogen-bond acceptors (Lipinski definition) is 1. The molecule has 1 saturated carbocycles. The van der Waals surface area contributed by atoms with Crippen molar-refractivity contribution < 1.29 is 9.90 Å². The van der Waals surface area contributed by atoms with E-state index in [1.54, 1.807) is 12.1 Å². The van der Waals surface area contributed by atoms with Crippen LogP contribution in [0.15, 0.2) is 18.2 Å². The molecule has 0 radical (unpaired) electrons. The molecule has 1 fully saturated rings. The maximum absolute atomic E-state index is 10.5. The molecular formula is C15H24O2. The topological polar surface area (TPSA) is 37.3 Å². The van der Waals surface area contributed by atoms with E-state index < -0.39 is 5.97 Å². The van der Waals surface area contributed by atoms with E-state index >= 15 is 0 Å². The predicted octanol–water partition coefficient (Wildman–Crippen LogP) is 4.44. The molecule has 0 aliphatic heterocycles. The summed E-state index contributed by atoms with van der Waals surface area (Å²) in [4.78, 5) is 10.5. The van der Waals surface area contributed by atoms with Crippen molar-refractivity contribution in [3.05, 3.63) is 34.9 Å². The van der Waals surface area contributed by atoms with Crippen molar-refractivity contribution in [1.29, 1.82) is 0 Å². The smallest absolute Gasteiger partial charge is 0.335 e. The van der Waals surface area contributed by atoms with Crippen LogP contribution in [-0.2, 0) is 0 Å². The molecule has 17 heavy (non-hydrogen) atoms. The summed E-state index contributed by atoms with van der Waals surface area (Å²) in [6.07, 6.45) is 2.97. The third kappa shape index (κ3) is 6.77. The first-order chi connectivity index (χ1) is 8.00. The molecule has 96 valence electrons. The van der Waals surface area contributed by atoms with Crippen molar-refractivity contribution in [2.75, 3.05) is 0 Å². The SMILES string of the molecule is CC.CC1CC1.Cc1ccc(C(=O)O)cc1C. The van der Waals surface area contributed by atoms with Crippen LogP contribution in [0.1, 0.15) is 55.1 Å². The molecule has 0 heterocycles. The lowest BCUT2D eigenvalue weighted by Crippen LogP contribution is -1.96. The quantitative estimate of drug-likeness (QED) is 0.782. The van der Waals surface area contributed by atoms with Gasteiger partial charge in [0, 0.05) is 0 Å². The Kier molecular flexibility index (Phi) is 7.27. The highest BCUT2D eigenvalue weighted by atomic mass is 16.4. The Bertz CT molecular complexity index is 352. The predicted molar refractivity (Wildman–Crippen MR) is 72.6 cm³/mol. The summed E-state index contributed by atoms with van der Waals surface area (Å²) in [6, 6.07) is 5.11. The van der Waals surface area contributed by atoms with Gasteiger partial charge in [-0.15, -0.1) is 0 Å². The van der Waals surface area contributed by atoms with Crippen LogP contribution in [0.5, 0.6) is 0 Å². The summed E-state index contributed by atoms with van der Waals surface area (Å²) in [5.74, 6) is 0.216. The van der Waals surface area contributed by atoms with Gasteiger partial charge in [0.1, 0.15) is 0 Å². The van der Waals surface area contributed by atoms with Crippen molar-refractivity contribution in [2.45, 2.75) is 47.5 Å². The van der Waals surface area contributed by atoms with Crippen molar-refractivity contribution in [2.24, 2.45) is 5.92 Å². The fourth-order valence-corrected chi connectivity index (χ4v) is 1.04. The van der Waals surface area contributed by atoms with E-state index in [0.717, 1.165) is 17.0 Å². The lowest BCUT2D eigenvalue weighted by molar-refractivity contribution is 0.0697. The highest BCUT2D eigenvalue weighted by Gasteiger charge is 2.12. The van der Waals surface area contributed by atoms with Crippen LogP contribution in [0, 0.1) is 19.8 Å². The standard InChI is InChI=1S/C9H10O2.C4H8.C2H6/c1-6-3-4-8(9(10)11)5-7(6)2;1-4-2-3-4;1-2/h3-5H,1-2H3,(H,10,11);4H,2-3H2,1H3;1-2H3. The van der Waals surface area contributed by atoms with Crippen LogP contribution >= 0.6 is 0 Å². The van der Waals surface area contributed by atoms with Crippen LogP contribution in [0.4, 0.5) is 0 Å². The first-order valence-corrected chi connectivity index (χ1v) is 6.31. The molecule has 2 nitrogen and oxygen atoms in total. The Balaban J connectivity index is 0.000000353. The highest BCUT2D eigenvalue weighted by Crippen LogP contribution is 2.26. The molecule has 0 amide bonds. The van der Waals surface area contributed by atoms with Gasteiger partial charge in [-0.3, -0.25) is 0 Å². The van der Waals surface area contributed by atoms with Crippen molar-refractivity contribution in [3.63, 3.8) is 0 Å². The van der Waals surface area contributed by atoms with E-state index in [9.17, 15) is 4.79 Å². The van der Waals surface area contributed by atoms with Crippen LogP contribution in [0.2, 0.25) is 0 Å². The highest BCUT2D eigenvalue weighted by molar-refractivity contribution is 5.87. The number of benzene rings is 1. The third-order valence-electron chi connectivity index (χ3n) is 2.62. The largest absolute Gasteiger partial charge is 0.478 e. The molecule has 2 rings (SSSR count). The molecule has 0 aromatic heterocycles. The Morgan fingerprint density at radius 1 is 1.18 bits per heavy atom. The molecule has 1 N–H and O–H groups in total. The van der Waals surface area contributed by atoms with E-state index in [-0.39, 0.29) is 0 Å². The second kappa shape index (κ2) is 7.88. The number of aryl methyl sites for hydroxylation is 2. The van der Waals surface area contributed by atoms with Crippen molar-refractivity contribution >= 4 is 5.97 Å². The van der Waals surface area contributed by atoms with Gasteiger partial charge in [0.25, 0.3) is 0 Å². The molecular weight excluding hydrogens is 212 g/mol. The maximum Gasteiger partial charge on any atom is 0.335 e.